The molecule has 1 aliphatic carbocycles. The first-order chi connectivity index (χ1) is 8.22. The van der Waals surface area contributed by atoms with Gasteiger partial charge < -0.3 is 5.32 Å². The monoisotopic (exact) mass is 250 g/mol. The van der Waals surface area contributed by atoms with Crippen molar-refractivity contribution < 1.29 is 4.39 Å². The van der Waals surface area contributed by atoms with Gasteiger partial charge in [-0.05, 0) is 37.0 Å². The van der Waals surface area contributed by atoms with Gasteiger partial charge in [-0.1, -0.05) is 11.6 Å². The van der Waals surface area contributed by atoms with Crippen molar-refractivity contribution in [1.29, 1.82) is 0 Å². The summed E-state index contributed by atoms with van der Waals surface area (Å²) in [5.41, 5.74) is 3.60. The van der Waals surface area contributed by atoms with Crippen LogP contribution >= 0.6 is 11.6 Å². The molecule has 1 N–H and O–H groups in total. The number of anilines is 1. The first-order valence-corrected chi connectivity index (χ1v) is 6.07. The Morgan fingerprint density at radius 1 is 1.35 bits per heavy atom. The standard InChI is InChI=1S/C13H12ClFN2/c1-16-12-7-3-2-4-10(7)17-13-8(12)5-6-9(14)11(13)15/h5-6H,2-4H2,1H3,(H,16,17). The van der Waals surface area contributed by atoms with Gasteiger partial charge in [-0.2, -0.15) is 0 Å². The predicted molar refractivity (Wildman–Crippen MR) is 68.3 cm³/mol. The number of halogens is 2. The SMILES string of the molecule is CNc1c2c(nc3c(F)c(Cl)ccc13)CCC2. The lowest BCUT2D eigenvalue weighted by molar-refractivity contribution is 0.637. The van der Waals surface area contributed by atoms with E-state index in [4.69, 9.17) is 11.6 Å². The average Bonchev–Trinajstić information content (AvgIpc) is 2.79. The van der Waals surface area contributed by atoms with E-state index in [9.17, 15) is 4.39 Å². The molecule has 0 fully saturated rings. The number of rotatable bonds is 1. The number of pyridine rings is 1. The molecule has 0 spiro atoms. The maximum atomic E-state index is 14.0. The molecule has 0 radical (unpaired) electrons. The normalized spacial score (nSPS) is 14.1. The molecule has 1 aromatic heterocycles. The van der Waals surface area contributed by atoms with Gasteiger partial charge in [0.1, 0.15) is 5.52 Å². The minimum atomic E-state index is -0.421. The first-order valence-electron chi connectivity index (χ1n) is 5.69. The van der Waals surface area contributed by atoms with E-state index in [1.807, 2.05) is 13.1 Å². The molecule has 1 aromatic carbocycles. The van der Waals surface area contributed by atoms with E-state index in [1.165, 1.54) is 5.56 Å². The highest BCUT2D eigenvalue weighted by molar-refractivity contribution is 6.31. The summed E-state index contributed by atoms with van der Waals surface area (Å²) in [6, 6.07) is 3.42. The largest absolute Gasteiger partial charge is 0.387 e. The van der Waals surface area contributed by atoms with Gasteiger partial charge in [0, 0.05) is 23.8 Å². The number of nitrogens with zero attached hydrogens (tertiary/aromatic N) is 1. The molecule has 2 aromatic rings. The van der Waals surface area contributed by atoms with Crippen molar-refractivity contribution in [3.8, 4) is 0 Å². The van der Waals surface area contributed by atoms with Crippen LogP contribution in [0.4, 0.5) is 10.1 Å². The van der Waals surface area contributed by atoms with Crippen LogP contribution in [0.15, 0.2) is 12.1 Å². The Bertz CT molecular complexity index is 610. The van der Waals surface area contributed by atoms with Crippen molar-refractivity contribution in [3.63, 3.8) is 0 Å². The third-order valence-electron chi connectivity index (χ3n) is 3.33. The lowest BCUT2D eigenvalue weighted by Gasteiger charge is -2.12. The molecule has 0 saturated heterocycles. The second-order valence-corrected chi connectivity index (χ2v) is 4.68. The van der Waals surface area contributed by atoms with Gasteiger partial charge in [0.05, 0.1) is 5.02 Å². The number of aromatic nitrogens is 1. The molecule has 4 heteroatoms. The molecule has 3 rings (SSSR count). The maximum absolute atomic E-state index is 14.0. The molecule has 88 valence electrons. The average molecular weight is 251 g/mol. The van der Waals surface area contributed by atoms with E-state index in [-0.39, 0.29) is 5.02 Å². The number of nitrogens with one attached hydrogen (secondary N) is 1. The van der Waals surface area contributed by atoms with Gasteiger partial charge in [0.15, 0.2) is 5.82 Å². The van der Waals surface area contributed by atoms with Crippen LogP contribution in [0, 0.1) is 5.82 Å². The zero-order valence-corrected chi connectivity index (χ0v) is 10.2. The lowest BCUT2D eigenvalue weighted by Crippen LogP contribution is -2.00. The minimum Gasteiger partial charge on any atom is -0.387 e. The summed E-state index contributed by atoms with van der Waals surface area (Å²) in [6.45, 7) is 0. The van der Waals surface area contributed by atoms with Gasteiger partial charge in [0.2, 0.25) is 0 Å². The Morgan fingerprint density at radius 2 is 2.18 bits per heavy atom. The van der Waals surface area contributed by atoms with Crippen LogP contribution < -0.4 is 5.32 Å². The van der Waals surface area contributed by atoms with Crippen LogP contribution in [0.3, 0.4) is 0 Å². The number of fused-ring (bicyclic) bond motifs is 2. The number of hydrogen-bond acceptors (Lipinski definition) is 2. The number of aryl methyl sites for hydroxylation is 1. The molecule has 2 nitrogen and oxygen atoms in total. The third kappa shape index (κ3) is 1.49. The zero-order valence-electron chi connectivity index (χ0n) is 9.48. The fourth-order valence-electron chi connectivity index (χ4n) is 2.55. The van der Waals surface area contributed by atoms with Crippen LogP contribution in [-0.4, -0.2) is 12.0 Å². The molecule has 1 heterocycles. The van der Waals surface area contributed by atoms with Crippen LogP contribution in [-0.2, 0) is 12.8 Å². The summed E-state index contributed by atoms with van der Waals surface area (Å²) in [7, 11) is 1.86. The van der Waals surface area contributed by atoms with E-state index < -0.39 is 5.82 Å². The van der Waals surface area contributed by atoms with E-state index >= 15 is 0 Å². The topological polar surface area (TPSA) is 24.9 Å². The molecule has 1 aliphatic rings. The number of benzene rings is 1. The molecular formula is C13H12ClFN2. The highest BCUT2D eigenvalue weighted by Crippen LogP contribution is 2.36. The maximum Gasteiger partial charge on any atom is 0.168 e. The second-order valence-electron chi connectivity index (χ2n) is 4.27. The predicted octanol–water partition coefficient (Wildman–Crippen LogP) is 3.56. The molecule has 0 bridgehead atoms. The summed E-state index contributed by atoms with van der Waals surface area (Å²) in [4.78, 5) is 4.43. The van der Waals surface area contributed by atoms with Crippen molar-refractivity contribution in [2.24, 2.45) is 0 Å². The van der Waals surface area contributed by atoms with Crippen LogP contribution in [0.1, 0.15) is 17.7 Å². The van der Waals surface area contributed by atoms with Crippen molar-refractivity contribution in [3.05, 3.63) is 34.2 Å². The molecule has 0 aliphatic heterocycles. The Labute approximate surface area is 104 Å². The van der Waals surface area contributed by atoms with Gasteiger partial charge in [-0.25, -0.2) is 9.37 Å². The van der Waals surface area contributed by atoms with Gasteiger partial charge in [0.25, 0.3) is 0 Å². The van der Waals surface area contributed by atoms with Crippen LogP contribution in [0.25, 0.3) is 10.9 Å². The van der Waals surface area contributed by atoms with Crippen LogP contribution in [0.5, 0.6) is 0 Å². The summed E-state index contributed by atoms with van der Waals surface area (Å²) < 4.78 is 14.0. The van der Waals surface area contributed by atoms with Crippen LogP contribution in [0.2, 0.25) is 5.02 Å². The Balaban J connectivity index is 2.44. The van der Waals surface area contributed by atoms with E-state index in [0.29, 0.717) is 5.52 Å². The summed E-state index contributed by atoms with van der Waals surface area (Å²) >= 11 is 5.80. The van der Waals surface area contributed by atoms with E-state index in [0.717, 1.165) is 36.0 Å². The molecule has 0 amide bonds. The lowest BCUT2D eigenvalue weighted by atomic mass is 10.1. The second kappa shape index (κ2) is 3.84. The highest BCUT2D eigenvalue weighted by Gasteiger charge is 2.20. The van der Waals surface area contributed by atoms with E-state index in [2.05, 4.69) is 10.3 Å². The Morgan fingerprint density at radius 3 is 2.94 bits per heavy atom. The fourth-order valence-corrected chi connectivity index (χ4v) is 2.71. The molecule has 0 saturated carbocycles. The summed E-state index contributed by atoms with van der Waals surface area (Å²) in [6.07, 6.45) is 3.02. The number of hydrogen-bond donors (Lipinski definition) is 1. The Hall–Kier alpha value is -1.35. The quantitative estimate of drug-likeness (QED) is 0.837. The highest BCUT2D eigenvalue weighted by atomic mass is 35.5. The third-order valence-corrected chi connectivity index (χ3v) is 3.62. The Kier molecular flexibility index (Phi) is 2.44. The summed E-state index contributed by atoms with van der Waals surface area (Å²) in [5.74, 6) is -0.421. The smallest absolute Gasteiger partial charge is 0.168 e. The summed E-state index contributed by atoms with van der Waals surface area (Å²) in [5, 5.41) is 4.11. The van der Waals surface area contributed by atoms with Crippen molar-refractivity contribution in [1.82, 2.24) is 4.98 Å². The van der Waals surface area contributed by atoms with Gasteiger partial charge in [-0.3, -0.25) is 0 Å². The van der Waals surface area contributed by atoms with Crippen molar-refractivity contribution in [2.75, 3.05) is 12.4 Å². The molecular weight excluding hydrogens is 239 g/mol. The fraction of sp³-hybridized carbons (Fsp3) is 0.308. The molecule has 0 atom stereocenters. The first kappa shape index (κ1) is 10.8. The minimum absolute atomic E-state index is 0.130. The molecule has 17 heavy (non-hydrogen) atoms. The van der Waals surface area contributed by atoms with Crippen molar-refractivity contribution in [2.45, 2.75) is 19.3 Å². The van der Waals surface area contributed by atoms with Gasteiger partial charge >= 0.3 is 0 Å². The van der Waals surface area contributed by atoms with Gasteiger partial charge in [-0.15, -0.1) is 0 Å². The van der Waals surface area contributed by atoms with Crippen molar-refractivity contribution >= 4 is 28.2 Å². The zero-order chi connectivity index (χ0) is 12.0. The van der Waals surface area contributed by atoms with E-state index in [1.54, 1.807) is 6.07 Å². The molecule has 0 unspecified atom stereocenters.